The molecule has 0 fully saturated rings. The highest BCUT2D eigenvalue weighted by atomic mass is 35.5. The van der Waals surface area contributed by atoms with E-state index in [-0.39, 0.29) is 21.3 Å². The van der Waals surface area contributed by atoms with E-state index >= 15 is 0 Å². The second-order valence-electron chi connectivity index (χ2n) is 7.10. The summed E-state index contributed by atoms with van der Waals surface area (Å²) in [7, 11) is 1.88. The molecule has 1 heterocycles. The van der Waals surface area contributed by atoms with E-state index in [1.165, 1.54) is 18.2 Å². The lowest BCUT2D eigenvalue weighted by molar-refractivity contribution is -0.269. The molecule has 0 aliphatic carbocycles. The molecular formula is C23H17Cl2F3N2O. The maximum Gasteiger partial charge on any atom is 0.428 e. The van der Waals surface area contributed by atoms with Crippen molar-refractivity contribution in [2.24, 2.45) is 0 Å². The van der Waals surface area contributed by atoms with Crippen LogP contribution in [-0.2, 0) is 10.4 Å². The number of anilines is 2. The number of alkyl halides is 3. The summed E-state index contributed by atoms with van der Waals surface area (Å²) in [4.78, 5) is 7.09. The van der Waals surface area contributed by atoms with E-state index in [1.807, 2.05) is 48.3 Å². The minimum Gasteiger partial charge on any atom is -0.345 e. The number of hydrogen-bond donors (Lipinski definition) is 1. The molecule has 0 amide bonds. The quantitative estimate of drug-likeness (QED) is 0.445. The second-order valence-corrected chi connectivity index (χ2v) is 7.97. The van der Waals surface area contributed by atoms with Gasteiger partial charge in [0.2, 0.25) is 5.60 Å². The maximum atomic E-state index is 14.2. The molecule has 31 heavy (non-hydrogen) atoms. The van der Waals surface area contributed by atoms with Gasteiger partial charge in [-0.1, -0.05) is 53.5 Å². The number of halogens is 5. The highest BCUT2D eigenvalue weighted by molar-refractivity contribution is 6.34. The van der Waals surface area contributed by atoms with Crippen LogP contribution >= 0.6 is 23.2 Å². The third kappa shape index (κ3) is 4.11. The summed E-state index contributed by atoms with van der Waals surface area (Å²) in [6.45, 7) is 0. The first-order valence-electron chi connectivity index (χ1n) is 9.29. The molecule has 0 radical (unpaired) electrons. The fourth-order valence-corrected chi connectivity index (χ4v) is 3.96. The summed E-state index contributed by atoms with van der Waals surface area (Å²) in [5, 5.41) is 0.172. The number of nitrogens with zero attached hydrogens (tertiary/aromatic N) is 1. The lowest BCUT2D eigenvalue weighted by Crippen LogP contribution is -2.42. The number of rotatable bonds is 4. The van der Waals surface area contributed by atoms with E-state index in [1.54, 1.807) is 18.2 Å². The van der Waals surface area contributed by atoms with Crippen molar-refractivity contribution in [1.82, 2.24) is 5.48 Å². The van der Waals surface area contributed by atoms with E-state index in [0.29, 0.717) is 5.56 Å². The van der Waals surface area contributed by atoms with Crippen LogP contribution in [0, 0.1) is 0 Å². The molecule has 3 nitrogen and oxygen atoms in total. The molecule has 3 aromatic rings. The normalized spacial score (nSPS) is 18.5. The van der Waals surface area contributed by atoms with Gasteiger partial charge >= 0.3 is 6.18 Å². The number of hydroxylamine groups is 1. The van der Waals surface area contributed by atoms with Crippen molar-refractivity contribution in [2.45, 2.75) is 11.8 Å². The van der Waals surface area contributed by atoms with Gasteiger partial charge in [-0.05, 0) is 48.5 Å². The van der Waals surface area contributed by atoms with Gasteiger partial charge in [-0.25, -0.2) is 0 Å². The average Bonchev–Trinajstić information content (AvgIpc) is 3.20. The summed E-state index contributed by atoms with van der Waals surface area (Å²) in [6, 6.07) is 20.5. The van der Waals surface area contributed by atoms with E-state index in [4.69, 9.17) is 28.0 Å². The van der Waals surface area contributed by atoms with Gasteiger partial charge in [-0.3, -0.25) is 10.3 Å². The SMILES string of the molecule is CN(c1ccccc1)c1cccc(C2=CC(c3cc(Cl)cc(Cl)c3)(C(F)(F)F)ON2)c1. The Balaban J connectivity index is 1.76. The topological polar surface area (TPSA) is 24.5 Å². The van der Waals surface area contributed by atoms with Crippen molar-refractivity contribution < 1.29 is 18.0 Å². The van der Waals surface area contributed by atoms with Crippen LogP contribution in [0.2, 0.25) is 10.0 Å². The van der Waals surface area contributed by atoms with Crippen LogP contribution in [0.25, 0.3) is 5.70 Å². The fourth-order valence-electron chi connectivity index (χ4n) is 3.44. The number of para-hydroxylation sites is 1. The molecule has 8 heteroatoms. The second kappa shape index (κ2) is 8.11. The monoisotopic (exact) mass is 464 g/mol. The smallest absolute Gasteiger partial charge is 0.345 e. The molecule has 1 unspecified atom stereocenters. The van der Waals surface area contributed by atoms with Crippen molar-refractivity contribution in [3.05, 3.63) is 100 Å². The molecule has 4 rings (SSSR count). The van der Waals surface area contributed by atoms with Crippen LogP contribution in [0.4, 0.5) is 24.5 Å². The Morgan fingerprint density at radius 1 is 0.871 bits per heavy atom. The van der Waals surface area contributed by atoms with Crippen LogP contribution in [0.1, 0.15) is 11.1 Å². The van der Waals surface area contributed by atoms with Crippen LogP contribution < -0.4 is 10.4 Å². The Morgan fingerprint density at radius 2 is 1.52 bits per heavy atom. The predicted octanol–water partition coefficient (Wildman–Crippen LogP) is 7.09. The summed E-state index contributed by atoms with van der Waals surface area (Å²) < 4.78 is 42.5. The van der Waals surface area contributed by atoms with Gasteiger partial charge in [0, 0.05) is 39.6 Å². The molecule has 0 spiro atoms. The van der Waals surface area contributed by atoms with Crippen LogP contribution in [-0.4, -0.2) is 13.2 Å². The minimum atomic E-state index is -4.76. The van der Waals surface area contributed by atoms with Crippen LogP contribution in [0.3, 0.4) is 0 Å². The first-order valence-corrected chi connectivity index (χ1v) is 10.0. The molecule has 3 aromatic carbocycles. The Labute approximate surface area is 187 Å². The van der Waals surface area contributed by atoms with Gasteiger partial charge < -0.3 is 4.90 Å². The van der Waals surface area contributed by atoms with E-state index in [9.17, 15) is 13.2 Å². The largest absolute Gasteiger partial charge is 0.428 e. The Kier molecular flexibility index (Phi) is 5.64. The summed E-state index contributed by atoms with van der Waals surface area (Å²) in [5.41, 5.74) is 2.00. The van der Waals surface area contributed by atoms with Gasteiger partial charge in [0.05, 0.1) is 5.70 Å². The lowest BCUT2D eigenvalue weighted by atomic mass is 9.91. The average molecular weight is 465 g/mol. The summed E-state index contributed by atoms with van der Waals surface area (Å²) in [5.74, 6) is 0. The van der Waals surface area contributed by atoms with Crippen molar-refractivity contribution in [2.75, 3.05) is 11.9 Å². The van der Waals surface area contributed by atoms with E-state index in [2.05, 4.69) is 5.48 Å². The highest BCUT2D eigenvalue weighted by Gasteiger charge is 2.59. The highest BCUT2D eigenvalue weighted by Crippen LogP contribution is 2.48. The standard InChI is InChI=1S/C23H17Cl2F3N2O/c1-30(19-7-3-2-4-8-19)20-9-5-6-15(10-20)21-14-22(31-29-21,23(26,27)28)16-11-17(24)13-18(25)12-16/h2-14,29H,1H3. The van der Waals surface area contributed by atoms with E-state index < -0.39 is 11.8 Å². The number of benzene rings is 3. The third-order valence-corrected chi connectivity index (χ3v) is 5.51. The summed E-state index contributed by atoms with van der Waals surface area (Å²) in [6.07, 6.45) is -3.75. The maximum absolute atomic E-state index is 14.2. The number of hydrogen-bond acceptors (Lipinski definition) is 3. The third-order valence-electron chi connectivity index (χ3n) is 5.07. The first kappa shape index (κ1) is 21.6. The molecule has 0 saturated carbocycles. The zero-order valence-corrected chi connectivity index (χ0v) is 17.8. The van der Waals surface area contributed by atoms with Crippen molar-refractivity contribution >= 4 is 40.3 Å². The van der Waals surface area contributed by atoms with Crippen LogP contribution in [0.15, 0.2) is 78.9 Å². The molecule has 1 aliphatic heterocycles. The van der Waals surface area contributed by atoms with Gasteiger partial charge in [-0.15, -0.1) is 0 Å². The molecule has 1 atom stereocenters. The molecule has 1 N–H and O–H groups in total. The lowest BCUT2D eigenvalue weighted by Gasteiger charge is -2.28. The van der Waals surface area contributed by atoms with Crippen LogP contribution in [0.5, 0.6) is 0 Å². The van der Waals surface area contributed by atoms with Gasteiger partial charge in [-0.2, -0.15) is 13.2 Å². The zero-order valence-electron chi connectivity index (χ0n) is 16.3. The molecule has 1 aliphatic rings. The Morgan fingerprint density at radius 3 is 2.16 bits per heavy atom. The van der Waals surface area contributed by atoms with Gasteiger partial charge in [0.1, 0.15) is 0 Å². The number of nitrogens with one attached hydrogen (secondary N) is 1. The Hall–Kier alpha value is -2.67. The van der Waals surface area contributed by atoms with Crippen molar-refractivity contribution in [3.63, 3.8) is 0 Å². The zero-order chi connectivity index (χ0) is 22.2. The minimum absolute atomic E-state index is 0.0862. The summed E-state index contributed by atoms with van der Waals surface area (Å²) >= 11 is 11.9. The molecule has 0 bridgehead atoms. The van der Waals surface area contributed by atoms with E-state index in [0.717, 1.165) is 17.5 Å². The molecule has 0 saturated heterocycles. The Bertz CT molecular complexity index is 1110. The predicted molar refractivity (Wildman–Crippen MR) is 117 cm³/mol. The van der Waals surface area contributed by atoms with Gasteiger partial charge in [0.25, 0.3) is 0 Å². The van der Waals surface area contributed by atoms with Crippen molar-refractivity contribution in [1.29, 1.82) is 0 Å². The first-order chi connectivity index (χ1) is 14.7. The molecular weight excluding hydrogens is 448 g/mol. The van der Waals surface area contributed by atoms with Crippen molar-refractivity contribution in [3.8, 4) is 0 Å². The molecule has 160 valence electrons. The fraction of sp³-hybridized carbons (Fsp3) is 0.130. The van der Waals surface area contributed by atoms with Gasteiger partial charge in [0.15, 0.2) is 0 Å². The molecule has 0 aromatic heterocycles.